The van der Waals surface area contributed by atoms with Crippen molar-refractivity contribution in [2.24, 2.45) is 11.7 Å². The summed E-state index contributed by atoms with van der Waals surface area (Å²) in [7, 11) is 0. The highest BCUT2D eigenvalue weighted by Crippen LogP contribution is 2.28. The minimum Gasteiger partial charge on any atom is -0.381 e. The molecular weight excluding hydrogens is 288 g/mol. The molecule has 21 heavy (non-hydrogen) atoms. The van der Waals surface area contributed by atoms with Gasteiger partial charge in [0.1, 0.15) is 0 Å². The Hall–Kier alpha value is -1.10. The molecule has 0 saturated heterocycles. The first kappa shape index (κ1) is 18.0. The topological polar surface area (TPSA) is 64.4 Å². The van der Waals surface area contributed by atoms with Gasteiger partial charge in [0.15, 0.2) is 0 Å². The van der Waals surface area contributed by atoms with Crippen LogP contribution in [-0.2, 0) is 9.53 Å². The van der Waals surface area contributed by atoms with Crippen LogP contribution < -0.4 is 11.1 Å². The summed E-state index contributed by atoms with van der Waals surface area (Å²) in [6, 6.07) is 9.47. The highest BCUT2D eigenvalue weighted by Gasteiger charge is 2.20. The number of hydrogen-bond donors (Lipinski definition) is 2. The van der Waals surface area contributed by atoms with Crippen molar-refractivity contribution >= 4 is 18.3 Å². The summed E-state index contributed by atoms with van der Waals surface area (Å²) < 4.78 is 5.51. The quantitative estimate of drug-likeness (QED) is 0.688. The highest BCUT2D eigenvalue weighted by molar-refractivity contribution is 5.85. The molecular formula is C16H25ClN2O2. The van der Waals surface area contributed by atoms with Gasteiger partial charge in [0.25, 0.3) is 0 Å². The maximum atomic E-state index is 11.7. The van der Waals surface area contributed by atoms with Crippen LogP contribution in [0.1, 0.15) is 37.3 Å². The van der Waals surface area contributed by atoms with E-state index in [1.165, 1.54) is 12.8 Å². The van der Waals surface area contributed by atoms with Crippen molar-refractivity contribution in [3.8, 4) is 0 Å². The first-order valence-corrected chi connectivity index (χ1v) is 7.40. The van der Waals surface area contributed by atoms with E-state index in [1.54, 1.807) is 0 Å². The van der Waals surface area contributed by atoms with Gasteiger partial charge in [0.2, 0.25) is 5.91 Å². The molecule has 118 valence electrons. The van der Waals surface area contributed by atoms with Crippen molar-refractivity contribution < 1.29 is 9.53 Å². The molecule has 1 fully saturated rings. The minimum absolute atomic E-state index is 0. The van der Waals surface area contributed by atoms with Crippen molar-refractivity contribution in [2.75, 3.05) is 19.8 Å². The lowest BCUT2D eigenvalue weighted by Crippen LogP contribution is -2.28. The Morgan fingerprint density at radius 1 is 1.33 bits per heavy atom. The van der Waals surface area contributed by atoms with Crippen LogP contribution in [0.4, 0.5) is 0 Å². The highest BCUT2D eigenvalue weighted by atomic mass is 35.5. The van der Waals surface area contributed by atoms with Crippen LogP contribution in [0.5, 0.6) is 0 Å². The predicted molar refractivity (Wildman–Crippen MR) is 86.4 cm³/mol. The third kappa shape index (κ3) is 7.46. The number of halogens is 1. The molecule has 2 rings (SSSR count). The summed E-state index contributed by atoms with van der Waals surface area (Å²) in [6.45, 7) is 2.26. The third-order valence-electron chi connectivity index (χ3n) is 3.47. The van der Waals surface area contributed by atoms with Crippen molar-refractivity contribution in [1.29, 1.82) is 0 Å². The molecule has 5 heteroatoms. The number of ether oxygens (including phenoxy) is 1. The van der Waals surface area contributed by atoms with Gasteiger partial charge >= 0.3 is 0 Å². The zero-order valence-corrected chi connectivity index (χ0v) is 13.1. The molecule has 0 aromatic heterocycles. The van der Waals surface area contributed by atoms with Crippen LogP contribution in [0.3, 0.4) is 0 Å². The Bertz CT molecular complexity index is 410. The number of carbonyl (C=O) groups excluding carboxylic acids is 1. The summed E-state index contributed by atoms with van der Waals surface area (Å²) >= 11 is 0. The van der Waals surface area contributed by atoms with Crippen LogP contribution in [0.2, 0.25) is 0 Å². The van der Waals surface area contributed by atoms with Gasteiger partial charge in [-0.25, -0.2) is 0 Å². The van der Waals surface area contributed by atoms with Gasteiger partial charge < -0.3 is 15.8 Å². The van der Waals surface area contributed by atoms with E-state index in [0.717, 1.165) is 31.1 Å². The molecule has 1 unspecified atom stereocenters. The first-order valence-electron chi connectivity index (χ1n) is 7.40. The Labute approximate surface area is 132 Å². The molecule has 0 spiro atoms. The van der Waals surface area contributed by atoms with Crippen LogP contribution in [-0.4, -0.2) is 25.7 Å². The molecule has 3 N–H and O–H groups in total. The van der Waals surface area contributed by atoms with Crippen LogP contribution in [0, 0.1) is 5.92 Å². The Morgan fingerprint density at radius 3 is 2.71 bits per heavy atom. The number of benzene rings is 1. The second kappa shape index (κ2) is 9.77. The number of nitrogens with two attached hydrogens (primary N) is 1. The summed E-state index contributed by atoms with van der Waals surface area (Å²) in [4.78, 5) is 11.7. The van der Waals surface area contributed by atoms with Gasteiger partial charge in [-0.1, -0.05) is 30.3 Å². The lowest BCUT2D eigenvalue weighted by molar-refractivity contribution is -0.121. The molecule has 1 atom stereocenters. The summed E-state index contributed by atoms with van der Waals surface area (Å²) in [5, 5.41) is 2.89. The fraction of sp³-hybridized carbons (Fsp3) is 0.562. The maximum absolute atomic E-state index is 11.7. The lowest BCUT2D eigenvalue weighted by atomic mass is 10.0. The second-order valence-corrected chi connectivity index (χ2v) is 5.44. The Morgan fingerprint density at radius 2 is 2.05 bits per heavy atom. The van der Waals surface area contributed by atoms with E-state index in [9.17, 15) is 4.79 Å². The fourth-order valence-corrected chi connectivity index (χ4v) is 2.03. The molecule has 1 amide bonds. The van der Waals surface area contributed by atoms with Crippen LogP contribution in [0.15, 0.2) is 30.3 Å². The third-order valence-corrected chi connectivity index (χ3v) is 3.47. The molecule has 1 saturated carbocycles. The summed E-state index contributed by atoms with van der Waals surface area (Å²) in [6.07, 6.45) is 3.81. The maximum Gasteiger partial charge on any atom is 0.221 e. The predicted octanol–water partition coefficient (Wildman–Crippen LogP) is 2.43. The molecule has 0 heterocycles. The average Bonchev–Trinajstić information content (AvgIpc) is 3.27. The van der Waals surface area contributed by atoms with Crippen LogP contribution in [0.25, 0.3) is 0 Å². The first-order chi connectivity index (χ1) is 9.75. The Kier molecular flexibility index (Phi) is 8.35. The van der Waals surface area contributed by atoms with Gasteiger partial charge in [-0.3, -0.25) is 4.79 Å². The van der Waals surface area contributed by atoms with Crippen molar-refractivity contribution in [2.45, 2.75) is 31.7 Å². The molecule has 1 aliphatic rings. The normalized spacial score (nSPS) is 15.1. The molecule has 0 radical (unpaired) electrons. The molecule has 0 bridgehead atoms. The van der Waals surface area contributed by atoms with E-state index < -0.39 is 0 Å². The molecule has 1 aromatic carbocycles. The second-order valence-electron chi connectivity index (χ2n) is 5.44. The zero-order valence-electron chi connectivity index (χ0n) is 12.3. The van der Waals surface area contributed by atoms with E-state index in [-0.39, 0.29) is 24.4 Å². The number of nitrogens with one attached hydrogen (secondary N) is 1. The standard InChI is InChI=1S/C16H24N2O2.ClH/c17-15(14-5-2-1-3-6-14)11-16(19)18-9-4-10-20-12-13-7-8-13;/h1-3,5-6,13,15H,4,7-12,17H2,(H,18,19);1H. The zero-order chi connectivity index (χ0) is 14.2. The minimum atomic E-state index is -0.234. The van der Waals surface area contributed by atoms with E-state index in [2.05, 4.69) is 5.32 Å². The number of amides is 1. The lowest BCUT2D eigenvalue weighted by Gasteiger charge is -2.12. The number of carbonyl (C=O) groups is 1. The van der Waals surface area contributed by atoms with Gasteiger partial charge in [-0.15, -0.1) is 12.4 Å². The smallest absolute Gasteiger partial charge is 0.221 e. The van der Waals surface area contributed by atoms with Crippen molar-refractivity contribution in [1.82, 2.24) is 5.32 Å². The van der Waals surface area contributed by atoms with Crippen molar-refractivity contribution in [3.05, 3.63) is 35.9 Å². The largest absolute Gasteiger partial charge is 0.381 e. The van der Waals surface area contributed by atoms with E-state index in [0.29, 0.717) is 13.0 Å². The van der Waals surface area contributed by atoms with Crippen LogP contribution >= 0.6 is 12.4 Å². The van der Waals surface area contributed by atoms with Crippen molar-refractivity contribution in [3.63, 3.8) is 0 Å². The fourth-order valence-electron chi connectivity index (χ4n) is 2.03. The molecule has 4 nitrogen and oxygen atoms in total. The molecule has 1 aliphatic carbocycles. The van der Waals surface area contributed by atoms with Gasteiger partial charge in [-0.05, 0) is 30.7 Å². The van der Waals surface area contributed by atoms with E-state index in [1.807, 2.05) is 30.3 Å². The molecule has 0 aliphatic heterocycles. The average molecular weight is 313 g/mol. The summed E-state index contributed by atoms with van der Waals surface area (Å²) in [5.74, 6) is 0.803. The Balaban J connectivity index is 0.00000220. The van der Waals surface area contributed by atoms with E-state index in [4.69, 9.17) is 10.5 Å². The van der Waals surface area contributed by atoms with Gasteiger partial charge in [-0.2, -0.15) is 0 Å². The van der Waals surface area contributed by atoms with E-state index >= 15 is 0 Å². The van der Waals surface area contributed by atoms with Gasteiger partial charge in [0.05, 0.1) is 0 Å². The monoisotopic (exact) mass is 312 g/mol. The number of rotatable bonds is 9. The SMILES string of the molecule is Cl.NC(CC(=O)NCCCOCC1CC1)c1ccccc1. The molecule has 1 aromatic rings. The van der Waals surface area contributed by atoms with Gasteiger partial charge in [0, 0.05) is 32.2 Å². The summed E-state index contributed by atoms with van der Waals surface area (Å²) in [5.41, 5.74) is 7.00. The number of hydrogen-bond acceptors (Lipinski definition) is 3.